The lowest BCUT2D eigenvalue weighted by Gasteiger charge is -2.26. The summed E-state index contributed by atoms with van der Waals surface area (Å²) < 4.78 is 36.7. The molecule has 2 aromatic heterocycles. The van der Waals surface area contributed by atoms with Crippen LogP contribution in [-0.4, -0.2) is 63.3 Å². The van der Waals surface area contributed by atoms with Crippen LogP contribution >= 0.6 is 11.8 Å². The lowest BCUT2D eigenvalue weighted by Crippen LogP contribution is -2.40. The summed E-state index contributed by atoms with van der Waals surface area (Å²) in [5.74, 6) is 1.35. The number of unbranched alkanes of at least 4 members (excludes halogenated alkanes) is 1. The van der Waals surface area contributed by atoms with Gasteiger partial charge in [-0.25, -0.2) is 23.3 Å². The van der Waals surface area contributed by atoms with E-state index in [1.807, 2.05) is 6.07 Å². The number of aromatic amines is 1. The number of imidazole rings is 1. The van der Waals surface area contributed by atoms with Crippen LogP contribution in [0.2, 0.25) is 0 Å². The number of benzene rings is 1. The lowest BCUT2D eigenvalue weighted by molar-refractivity contribution is 0.0730. The molecule has 1 N–H and O–H groups in total. The third-order valence-electron chi connectivity index (χ3n) is 5.64. The number of fused-ring (bicyclic) bond motifs is 1. The van der Waals surface area contributed by atoms with Gasteiger partial charge in [0.1, 0.15) is 5.82 Å². The highest BCUT2D eigenvalue weighted by molar-refractivity contribution is 7.98. The van der Waals surface area contributed by atoms with Crippen LogP contribution in [0.15, 0.2) is 33.0 Å². The minimum atomic E-state index is -3.59. The highest BCUT2D eigenvalue weighted by Gasteiger charge is 2.27. The Balaban J connectivity index is 1.62. The van der Waals surface area contributed by atoms with Crippen LogP contribution in [0.3, 0.4) is 0 Å². The first kappa shape index (κ1) is 24.0. The van der Waals surface area contributed by atoms with Crippen molar-refractivity contribution in [2.24, 2.45) is 0 Å². The minimum Gasteiger partial charge on any atom is -0.379 e. The second-order valence-electron chi connectivity index (χ2n) is 7.95. The van der Waals surface area contributed by atoms with E-state index in [-0.39, 0.29) is 10.6 Å². The molecule has 1 aliphatic heterocycles. The second-order valence-corrected chi connectivity index (χ2v) is 10.8. The highest BCUT2D eigenvalue weighted by Crippen LogP contribution is 2.27. The summed E-state index contributed by atoms with van der Waals surface area (Å²) in [4.78, 5) is 17.1. The lowest BCUT2D eigenvalue weighted by atomic mass is 10.3. The zero-order chi connectivity index (χ0) is 23.4. The van der Waals surface area contributed by atoms with Crippen molar-refractivity contribution in [1.82, 2.24) is 28.6 Å². The molecule has 1 saturated heterocycles. The number of aromatic nitrogens is 5. The predicted molar refractivity (Wildman–Crippen MR) is 127 cm³/mol. The Kier molecular flexibility index (Phi) is 7.57. The molecule has 1 aromatic carbocycles. The van der Waals surface area contributed by atoms with Gasteiger partial charge in [0.05, 0.1) is 34.9 Å². The van der Waals surface area contributed by atoms with Crippen molar-refractivity contribution in [2.45, 2.75) is 62.0 Å². The molecule has 0 radical (unpaired) electrons. The maximum atomic E-state index is 13.1. The Morgan fingerprint density at radius 1 is 1.12 bits per heavy atom. The van der Waals surface area contributed by atoms with Crippen LogP contribution in [0.5, 0.6) is 0 Å². The largest absolute Gasteiger partial charge is 0.379 e. The van der Waals surface area contributed by atoms with Gasteiger partial charge in [-0.1, -0.05) is 32.0 Å². The number of H-pyrrole nitrogens is 1. The smallest absolute Gasteiger partial charge is 0.343 e. The molecule has 0 bridgehead atoms. The van der Waals surface area contributed by atoms with Gasteiger partial charge in [0.2, 0.25) is 10.0 Å². The van der Waals surface area contributed by atoms with Crippen LogP contribution in [-0.2, 0) is 33.6 Å². The Morgan fingerprint density at radius 2 is 1.91 bits per heavy atom. The van der Waals surface area contributed by atoms with E-state index in [1.54, 1.807) is 16.7 Å². The Morgan fingerprint density at radius 3 is 2.64 bits per heavy atom. The third-order valence-corrected chi connectivity index (χ3v) is 8.51. The van der Waals surface area contributed by atoms with Crippen molar-refractivity contribution >= 4 is 32.8 Å². The topological polar surface area (TPSA) is 115 Å². The SMILES string of the molecule is CCCCn1c(SCc2nc3cc(S(=O)(=O)N4CCOCC4)ccc3n2CCC)n[nH]c1=O. The second kappa shape index (κ2) is 10.4. The van der Waals surface area contributed by atoms with Gasteiger partial charge < -0.3 is 9.30 Å². The Labute approximate surface area is 197 Å². The van der Waals surface area contributed by atoms with Gasteiger partial charge in [-0.3, -0.25) is 4.57 Å². The molecule has 0 unspecified atom stereocenters. The average molecular weight is 495 g/mol. The number of morpholine rings is 1. The van der Waals surface area contributed by atoms with E-state index in [2.05, 4.69) is 28.6 Å². The van der Waals surface area contributed by atoms with Crippen molar-refractivity contribution in [3.63, 3.8) is 0 Å². The van der Waals surface area contributed by atoms with Crippen molar-refractivity contribution in [3.05, 3.63) is 34.5 Å². The molecule has 0 atom stereocenters. The van der Waals surface area contributed by atoms with Crippen molar-refractivity contribution < 1.29 is 13.2 Å². The molecule has 180 valence electrons. The van der Waals surface area contributed by atoms with Crippen LogP contribution in [0.4, 0.5) is 0 Å². The number of nitrogens with zero attached hydrogens (tertiary/aromatic N) is 5. The summed E-state index contributed by atoms with van der Waals surface area (Å²) in [5, 5.41) is 7.34. The molecule has 10 nitrogen and oxygen atoms in total. The Hall–Kier alpha value is -2.15. The molecule has 3 heterocycles. The van der Waals surface area contributed by atoms with Gasteiger partial charge in [0, 0.05) is 26.2 Å². The molecule has 0 amide bonds. The number of ether oxygens (including phenoxy) is 1. The molecular formula is C21H30N6O4S2. The van der Waals surface area contributed by atoms with Crippen molar-refractivity contribution in [3.8, 4) is 0 Å². The summed E-state index contributed by atoms with van der Waals surface area (Å²) in [5.41, 5.74) is 1.35. The molecule has 0 aliphatic carbocycles. The summed E-state index contributed by atoms with van der Waals surface area (Å²) in [6.45, 7) is 7.10. The fraction of sp³-hybridized carbons (Fsp3) is 0.571. The summed E-state index contributed by atoms with van der Waals surface area (Å²) in [7, 11) is -3.59. The number of hydrogen-bond donors (Lipinski definition) is 1. The fourth-order valence-corrected chi connectivity index (χ4v) is 6.24. The van der Waals surface area contributed by atoms with Crippen LogP contribution in [0.1, 0.15) is 38.9 Å². The van der Waals surface area contributed by atoms with E-state index in [4.69, 9.17) is 9.72 Å². The maximum Gasteiger partial charge on any atom is 0.343 e. The van der Waals surface area contributed by atoms with Crippen LogP contribution < -0.4 is 5.69 Å². The number of aryl methyl sites for hydroxylation is 1. The fourth-order valence-electron chi connectivity index (χ4n) is 3.90. The van der Waals surface area contributed by atoms with E-state index in [1.165, 1.54) is 16.1 Å². The molecular weight excluding hydrogens is 464 g/mol. The molecule has 33 heavy (non-hydrogen) atoms. The van der Waals surface area contributed by atoms with Gasteiger partial charge in [0.15, 0.2) is 5.16 Å². The standard InChI is InChI=1S/C21H30N6O4S2/c1-3-5-9-27-20(28)23-24-21(27)32-15-19-22-17-14-16(6-7-18(17)26(19)8-4-2)33(29,30)25-10-12-31-13-11-25/h6-7,14H,3-5,8-13,15H2,1-2H3,(H,23,28). The zero-order valence-corrected chi connectivity index (χ0v) is 20.6. The monoisotopic (exact) mass is 494 g/mol. The van der Waals surface area contributed by atoms with E-state index in [0.29, 0.717) is 49.3 Å². The van der Waals surface area contributed by atoms with Gasteiger partial charge in [-0.15, -0.1) is 5.10 Å². The van der Waals surface area contributed by atoms with Gasteiger partial charge >= 0.3 is 5.69 Å². The number of hydrogen-bond acceptors (Lipinski definition) is 7. The van der Waals surface area contributed by atoms with E-state index < -0.39 is 10.0 Å². The summed E-state index contributed by atoms with van der Waals surface area (Å²) in [6, 6.07) is 5.16. The molecule has 12 heteroatoms. The molecule has 0 saturated carbocycles. The molecule has 3 aromatic rings. The van der Waals surface area contributed by atoms with Crippen molar-refractivity contribution in [1.29, 1.82) is 0 Å². The first-order valence-corrected chi connectivity index (χ1v) is 13.7. The van der Waals surface area contributed by atoms with E-state index in [9.17, 15) is 13.2 Å². The van der Waals surface area contributed by atoms with Crippen LogP contribution in [0.25, 0.3) is 11.0 Å². The summed E-state index contributed by atoms with van der Waals surface area (Å²) >= 11 is 1.46. The first-order valence-electron chi connectivity index (χ1n) is 11.3. The van der Waals surface area contributed by atoms with Crippen molar-refractivity contribution in [2.75, 3.05) is 26.3 Å². The number of rotatable bonds is 10. The molecule has 1 fully saturated rings. The van der Waals surface area contributed by atoms with Gasteiger partial charge in [-0.05, 0) is 31.0 Å². The zero-order valence-electron chi connectivity index (χ0n) is 19.0. The molecule has 4 rings (SSSR count). The van der Waals surface area contributed by atoms with Crippen LogP contribution in [0, 0.1) is 0 Å². The summed E-state index contributed by atoms with van der Waals surface area (Å²) in [6.07, 6.45) is 2.81. The minimum absolute atomic E-state index is 0.203. The number of nitrogens with one attached hydrogen (secondary N) is 1. The molecule has 1 aliphatic rings. The normalized spacial score (nSPS) is 15.5. The maximum absolute atomic E-state index is 13.1. The highest BCUT2D eigenvalue weighted by atomic mass is 32.2. The first-order chi connectivity index (χ1) is 16.0. The average Bonchev–Trinajstić information content (AvgIpc) is 3.36. The molecule has 0 spiro atoms. The van der Waals surface area contributed by atoms with Gasteiger partial charge in [0.25, 0.3) is 0 Å². The quantitative estimate of drug-likeness (QED) is 0.431. The van der Waals surface area contributed by atoms with E-state index in [0.717, 1.165) is 37.1 Å². The number of thioether (sulfide) groups is 1. The third kappa shape index (κ3) is 5.03. The van der Waals surface area contributed by atoms with E-state index >= 15 is 0 Å². The predicted octanol–water partition coefficient (Wildman–Crippen LogP) is 2.44. The Bertz CT molecular complexity index is 1260. The number of sulfonamides is 1. The van der Waals surface area contributed by atoms with Gasteiger partial charge in [-0.2, -0.15) is 4.31 Å².